The Kier molecular flexibility index (Phi) is 10.5. The molecule has 4 aromatic rings. The quantitative estimate of drug-likeness (QED) is 0.153. The van der Waals surface area contributed by atoms with Crippen LogP contribution in [0.4, 0.5) is 21.9 Å². The number of benzene rings is 3. The van der Waals surface area contributed by atoms with Gasteiger partial charge >= 0.3 is 11.7 Å². The minimum Gasteiger partial charge on any atom is -0.859 e. The van der Waals surface area contributed by atoms with Crippen LogP contribution in [0.2, 0.25) is 0 Å². The maximum absolute atomic E-state index is 13.6. The van der Waals surface area contributed by atoms with Crippen LogP contribution >= 0.6 is 0 Å². The second kappa shape index (κ2) is 15.5. The second-order valence-corrected chi connectivity index (χ2v) is 12.6. The topological polar surface area (TPSA) is 203 Å². The molecule has 1 unspecified atom stereocenters. The highest BCUT2D eigenvalue weighted by Gasteiger charge is 2.36. The average Bonchev–Trinajstić information content (AvgIpc) is 3.11. The summed E-state index contributed by atoms with van der Waals surface area (Å²) >= 11 is 0. The van der Waals surface area contributed by atoms with Crippen LogP contribution in [0.25, 0.3) is 11.8 Å². The number of rotatable bonds is 8. The third-order valence-corrected chi connectivity index (χ3v) is 8.59. The Balaban J connectivity index is 1.35. The Morgan fingerprint density at radius 1 is 0.796 bits per heavy atom. The van der Waals surface area contributed by atoms with Crippen LogP contribution in [-0.2, 0) is 19.2 Å². The van der Waals surface area contributed by atoms with Gasteiger partial charge in [0.2, 0.25) is 11.8 Å². The minimum absolute atomic E-state index is 0.0681. The first-order valence-corrected chi connectivity index (χ1v) is 16.7. The number of nitrogens with one attached hydrogen (secondary N) is 4. The van der Waals surface area contributed by atoms with Crippen molar-refractivity contribution in [2.24, 2.45) is 0 Å². The molecule has 14 heteroatoms. The Morgan fingerprint density at radius 2 is 1.44 bits per heavy atom. The van der Waals surface area contributed by atoms with Gasteiger partial charge in [-0.2, -0.15) is 0 Å². The summed E-state index contributed by atoms with van der Waals surface area (Å²) in [5.41, 5.74) is 0.985. The van der Waals surface area contributed by atoms with Crippen molar-refractivity contribution in [3.63, 3.8) is 0 Å². The number of aromatic nitrogens is 2. The number of allylic oxidation sites excluding steroid dienone is 6. The fraction of sp³-hybridized carbons (Fsp3) is 0.125. The zero-order valence-corrected chi connectivity index (χ0v) is 29.0. The predicted octanol–water partition coefficient (Wildman–Crippen LogP) is 4.17. The fourth-order valence-electron chi connectivity index (χ4n) is 6.25. The van der Waals surface area contributed by atoms with Crippen molar-refractivity contribution in [1.29, 1.82) is 0 Å². The van der Waals surface area contributed by atoms with Crippen molar-refractivity contribution >= 4 is 52.8 Å². The van der Waals surface area contributed by atoms with Crippen LogP contribution in [0, 0.1) is 0 Å². The molecule has 1 aliphatic carbocycles. The van der Waals surface area contributed by atoms with E-state index in [0.717, 1.165) is 15.0 Å². The molecule has 1 atom stereocenters. The molecule has 14 nitrogen and oxygen atoms in total. The number of carbonyl (C=O) groups excluding carboxylic acids is 5. The summed E-state index contributed by atoms with van der Waals surface area (Å²) in [5.74, 6) is -3.36. The Bertz CT molecular complexity index is 2460. The van der Waals surface area contributed by atoms with E-state index in [-0.39, 0.29) is 40.2 Å². The Morgan fingerprint density at radius 3 is 2.11 bits per heavy atom. The molecule has 2 heterocycles. The molecule has 2 aliphatic rings. The number of aromatic amines is 1. The molecule has 0 radical (unpaired) electrons. The Hall–Kier alpha value is -7.35. The number of imide groups is 2. The summed E-state index contributed by atoms with van der Waals surface area (Å²) in [7, 11) is 0. The fourth-order valence-corrected chi connectivity index (χ4v) is 6.25. The van der Waals surface area contributed by atoms with Crippen molar-refractivity contribution < 1.29 is 29.1 Å². The van der Waals surface area contributed by atoms with Gasteiger partial charge in [-0.1, -0.05) is 60.7 Å². The number of H-pyrrole nitrogens is 1. The SMILES string of the molecule is CC(=O)Nc1cccc(N2C(=O)NC(=O)/C(=C\C=C3C=C(/C=C/c4c([O-])n(-c5cccc(NC(C)=O)c5)c(=O)[nH]c4=O)CC(c4ccccc4)C\3)C2=O)c1. The molecule has 6 amide bonds. The molecule has 1 aromatic heterocycles. The zero-order chi connectivity index (χ0) is 38.5. The molecule has 6 rings (SSSR count). The van der Waals surface area contributed by atoms with Gasteiger partial charge in [0.15, 0.2) is 0 Å². The zero-order valence-electron chi connectivity index (χ0n) is 29.0. The molecule has 1 fully saturated rings. The summed E-state index contributed by atoms with van der Waals surface area (Å²) in [6, 6.07) is 20.8. The first-order valence-electron chi connectivity index (χ1n) is 16.7. The van der Waals surface area contributed by atoms with Crippen LogP contribution in [0.1, 0.15) is 43.7 Å². The van der Waals surface area contributed by atoms with Gasteiger partial charge < -0.3 is 15.7 Å². The summed E-state index contributed by atoms with van der Waals surface area (Å²) in [5, 5.41) is 21.0. The molecule has 0 saturated carbocycles. The number of amides is 6. The number of nitrogens with zero attached hydrogens (tertiary/aromatic N) is 2. The second-order valence-electron chi connectivity index (χ2n) is 12.6. The van der Waals surface area contributed by atoms with Crippen molar-refractivity contribution in [1.82, 2.24) is 14.9 Å². The van der Waals surface area contributed by atoms with E-state index in [4.69, 9.17) is 0 Å². The largest absolute Gasteiger partial charge is 0.859 e. The van der Waals surface area contributed by atoms with Crippen LogP contribution < -0.4 is 37.2 Å². The number of barbiturate groups is 1. The molecule has 272 valence electrons. The van der Waals surface area contributed by atoms with Crippen molar-refractivity contribution in [2.75, 3.05) is 15.5 Å². The van der Waals surface area contributed by atoms with E-state index < -0.39 is 35.0 Å². The average molecular weight is 726 g/mol. The van der Waals surface area contributed by atoms with Gasteiger partial charge in [-0.15, -0.1) is 0 Å². The van der Waals surface area contributed by atoms with Gasteiger partial charge in [0, 0.05) is 30.8 Å². The molecule has 0 spiro atoms. The number of anilines is 3. The maximum atomic E-state index is 13.6. The lowest BCUT2D eigenvalue weighted by Crippen LogP contribution is -2.54. The molecule has 54 heavy (non-hydrogen) atoms. The monoisotopic (exact) mass is 725 g/mol. The van der Waals surface area contributed by atoms with Crippen molar-refractivity contribution in [3.05, 3.63) is 152 Å². The lowest BCUT2D eigenvalue weighted by atomic mass is 9.81. The van der Waals surface area contributed by atoms with E-state index in [9.17, 15) is 38.7 Å². The Labute approximate surface area is 307 Å². The number of urea groups is 1. The normalized spacial score (nSPS) is 17.4. The van der Waals surface area contributed by atoms with Crippen molar-refractivity contribution in [2.45, 2.75) is 32.6 Å². The molecule has 0 bridgehead atoms. The molecule has 1 aliphatic heterocycles. The van der Waals surface area contributed by atoms with Gasteiger partial charge in [-0.25, -0.2) is 14.5 Å². The maximum Gasteiger partial charge on any atom is 0.335 e. The smallest absolute Gasteiger partial charge is 0.335 e. The highest BCUT2D eigenvalue weighted by Crippen LogP contribution is 2.36. The van der Waals surface area contributed by atoms with E-state index in [1.165, 1.54) is 50.3 Å². The molecular weight excluding hydrogens is 692 g/mol. The van der Waals surface area contributed by atoms with Crippen LogP contribution in [-0.4, -0.2) is 39.2 Å². The lowest BCUT2D eigenvalue weighted by molar-refractivity contribution is -0.278. The molecule has 1 saturated heterocycles. The minimum atomic E-state index is -0.941. The summed E-state index contributed by atoms with van der Waals surface area (Å²) < 4.78 is 0.808. The summed E-state index contributed by atoms with van der Waals surface area (Å²) in [4.78, 5) is 91.1. The van der Waals surface area contributed by atoms with E-state index in [1.807, 2.05) is 36.4 Å². The van der Waals surface area contributed by atoms with E-state index in [2.05, 4.69) is 20.9 Å². The van der Waals surface area contributed by atoms with Crippen LogP contribution in [0.15, 0.2) is 129 Å². The van der Waals surface area contributed by atoms with Crippen LogP contribution in [0.5, 0.6) is 5.88 Å². The van der Waals surface area contributed by atoms with Gasteiger partial charge in [0.05, 0.1) is 11.4 Å². The third kappa shape index (κ3) is 8.07. The number of hydrogen-bond acceptors (Lipinski definition) is 8. The van der Waals surface area contributed by atoms with Gasteiger partial charge in [-0.05, 0) is 89.9 Å². The van der Waals surface area contributed by atoms with Crippen molar-refractivity contribution in [3.8, 4) is 11.6 Å². The molecule has 3 aromatic carbocycles. The van der Waals surface area contributed by atoms with Gasteiger partial charge in [-0.3, -0.25) is 38.8 Å². The molecular formula is C40H33N6O8-. The highest BCUT2D eigenvalue weighted by molar-refractivity contribution is 6.37. The van der Waals surface area contributed by atoms with Crippen LogP contribution in [0.3, 0.4) is 0 Å². The van der Waals surface area contributed by atoms with E-state index in [1.54, 1.807) is 36.4 Å². The first kappa shape index (κ1) is 36.4. The summed E-state index contributed by atoms with van der Waals surface area (Å²) in [6.07, 6.45) is 8.69. The third-order valence-electron chi connectivity index (χ3n) is 8.59. The highest BCUT2D eigenvalue weighted by atomic mass is 16.3. The summed E-state index contributed by atoms with van der Waals surface area (Å²) in [6.45, 7) is 2.64. The standard InChI is InChI=1S/C40H34N6O8/c1-23(47)41-29-10-6-12-31(21-29)45-37(51)33(35(49)43-39(45)53)16-14-25-18-26(20-28(19-25)27-8-4-3-5-9-27)15-17-34-36(50)44-40(54)46(38(34)52)32-13-7-11-30(22-32)42-24(2)48/h3-18,21-22,28,51H,19-20H2,1-2H3,(H,41,47)(H,42,48)(H,43,49,53)(H,44,50,54)/p-1/b16-14+,26-15-,34-17+. The lowest BCUT2D eigenvalue weighted by Gasteiger charge is -2.27. The van der Waals surface area contributed by atoms with E-state index >= 15 is 0 Å². The predicted molar refractivity (Wildman–Crippen MR) is 200 cm³/mol. The van der Waals surface area contributed by atoms with E-state index in [0.29, 0.717) is 35.4 Å². The number of hydrogen-bond donors (Lipinski definition) is 4. The van der Waals surface area contributed by atoms with Gasteiger partial charge in [0.25, 0.3) is 17.4 Å². The number of carbonyl (C=O) groups is 5. The molecule has 4 N–H and O–H groups in total. The van der Waals surface area contributed by atoms with Gasteiger partial charge in [0.1, 0.15) is 5.57 Å². The first-order chi connectivity index (χ1) is 25.9.